The summed E-state index contributed by atoms with van der Waals surface area (Å²) in [5, 5.41) is 1.05. The normalized spacial score (nSPS) is 17.6. The van der Waals surface area contributed by atoms with Crippen molar-refractivity contribution < 1.29 is 9.53 Å². The first-order valence-corrected chi connectivity index (χ1v) is 10.4. The van der Waals surface area contributed by atoms with E-state index in [1.807, 2.05) is 55.4 Å². The largest absolute Gasteiger partial charge is 0.438 e. The Kier molecular flexibility index (Phi) is 4.32. The Morgan fingerprint density at radius 1 is 1.03 bits per heavy atom. The topological polar surface area (TPSA) is 60.2 Å². The molecule has 1 atom stereocenters. The van der Waals surface area contributed by atoms with E-state index in [0.717, 1.165) is 40.0 Å². The number of aryl methyl sites for hydroxylation is 1. The van der Waals surface area contributed by atoms with Crippen molar-refractivity contribution in [3.05, 3.63) is 89.1 Å². The van der Waals surface area contributed by atoms with Crippen LogP contribution >= 0.6 is 0 Å². The van der Waals surface area contributed by atoms with E-state index < -0.39 is 11.6 Å². The molecule has 0 bridgehead atoms. The maximum atomic E-state index is 13.0. The van der Waals surface area contributed by atoms with Crippen LogP contribution in [-0.2, 0) is 16.9 Å². The number of fused-ring (bicyclic) bond motifs is 2. The van der Waals surface area contributed by atoms with Crippen LogP contribution in [0, 0.1) is 6.92 Å². The highest BCUT2D eigenvalue weighted by atomic mass is 16.6. The molecule has 0 amide bonds. The lowest BCUT2D eigenvalue weighted by Crippen LogP contribution is -2.31. The zero-order valence-corrected chi connectivity index (χ0v) is 18.1. The molecule has 5 rings (SSSR count). The fraction of sp³-hybridized carbons (Fsp3) is 0.240. The summed E-state index contributed by atoms with van der Waals surface area (Å²) < 4.78 is 8.50. The molecule has 2 aromatic heterocycles. The molecule has 0 saturated carbocycles. The van der Waals surface area contributed by atoms with Gasteiger partial charge in [0.25, 0.3) is 0 Å². The molecule has 2 aromatic carbocycles. The van der Waals surface area contributed by atoms with E-state index in [2.05, 4.69) is 40.5 Å². The third-order valence-electron chi connectivity index (χ3n) is 6.16. The number of rotatable bonds is 4. The highest BCUT2D eigenvalue weighted by molar-refractivity contribution is 5.96. The maximum Gasteiger partial charge on any atom is 0.360 e. The van der Waals surface area contributed by atoms with Crippen LogP contribution in [0.5, 0.6) is 0 Å². The van der Waals surface area contributed by atoms with Gasteiger partial charge in [0.05, 0.1) is 0 Å². The van der Waals surface area contributed by atoms with Crippen molar-refractivity contribution in [1.82, 2.24) is 14.5 Å². The Balaban J connectivity index is 1.90. The summed E-state index contributed by atoms with van der Waals surface area (Å²) in [5.41, 5.74) is 4.67. The van der Waals surface area contributed by atoms with E-state index in [1.165, 1.54) is 6.20 Å². The fourth-order valence-electron chi connectivity index (χ4n) is 4.77. The minimum absolute atomic E-state index is 0.270. The van der Waals surface area contributed by atoms with Crippen molar-refractivity contribution in [3.63, 3.8) is 0 Å². The molecule has 1 aliphatic heterocycles. The summed E-state index contributed by atoms with van der Waals surface area (Å²) in [5.74, 6) is -0.451. The van der Waals surface area contributed by atoms with Gasteiger partial charge in [0.2, 0.25) is 5.60 Å². The summed E-state index contributed by atoms with van der Waals surface area (Å²) in [4.78, 5) is 24.0. The van der Waals surface area contributed by atoms with E-state index in [9.17, 15) is 4.79 Å². The number of aromatic nitrogens is 3. The molecule has 0 N–H and O–H groups in total. The molecule has 0 aliphatic carbocycles. The van der Waals surface area contributed by atoms with Gasteiger partial charge in [-0.3, -0.25) is 4.98 Å². The molecule has 6 nitrogen and oxygen atoms in total. The molecule has 1 unspecified atom stereocenters. The molecule has 3 heterocycles. The molecule has 1 aliphatic rings. The average Bonchev–Trinajstić information content (AvgIpc) is 3.25. The van der Waals surface area contributed by atoms with Crippen molar-refractivity contribution in [2.75, 3.05) is 19.0 Å². The van der Waals surface area contributed by atoms with Gasteiger partial charge in [-0.1, -0.05) is 30.3 Å². The molecule has 6 heteroatoms. The first-order chi connectivity index (χ1) is 15.0. The molecular formula is C25H24N4O2. The minimum Gasteiger partial charge on any atom is -0.438 e. The predicted octanol–water partition coefficient (Wildman–Crippen LogP) is 4.29. The molecule has 0 radical (unpaired) electrons. The lowest BCUT2D eigenvalue weighted by molar-refractivity contribution is 0.0243. The van der Waals surface area contributed by atoms with Gasteiger partial charge in [-0.25, -0.2) is 9.78 Å². The Hall–Kier alpha value is -3.67. The van der Waals surface area contributed by atoms with Crippen LogP contribution in [0.3, 0.4) is 0 Å². The Bertz CT molecular complexity index is 1310. The molecule has 0 fully saturated rings. The number of para-hydroxylation sites is 1. The van der Waals surface area contributed by atoms with E-state index in [4.69, 9.17) is 4.74 Å². The lowest BCUT2D eigenvalue weighted by Gasteiger charge is -2.30. The lowest BCUT2D eigenvalue weighted by atomic mass is 9.81. The number of carbonyl (C=O) groups is 1. The first kappa shape index (κ1) is 19.3. The van der Waals surface area contributed by atoms with E-state index in [-0.39, 0.29) is 5.69 Å². The summed E-state index contributed by atoms with van der Waals surface area (Å²) in [7, 11) is 4.00. The number of benzene rings is 2. The van der Waals surface area contributed by atoms with Gasteiger partial charge in [0, 0.05) is 66.4 Å². The number of carbonyl (C=O) groups excluding carboxylic acids is 1. The Labute approximate surface area is 181 Å². The van der Waals surface area contributed by atoms with Crippen LogP contribution in [0.2, 0.25) is 0 Å². The zero-order chi connectivity index (χ0) is 21.8. The quantitative estimate of drug-likeness (QED) is 0.468. The second-order valence-corrected chi connectivity index (χ2v) is 7.99. The number of cyclic esters (lactones) is 1. The smallest absolute Gasteiger partial charge is 0.360 e. The summed E-state index contributed by atoms with van der Waals surface area (Å²) in [6, 6.07) is 16.3. The molecule has 31 heavy (non-hydrogen) atoms. The van der Waals surface area contributed by atoms with E-state index in [0.29, 0.717) is 5.69 Å². The number of anilines is 1. The van der Waals surface area contributed by atoms with Gasteiger partial charge in [-0.05, 0) is 32.0 Å². The average molecular weight is 412 g/mol. The summed E-state index contributed by atoms with van der Waals surface area (Å²) in [6.45, 7) is 5.01. The summed E-state index contributed by atoms with van der Waals surface area (Å²) >= 11 is 0. The van der Waals surface area contributed by atoms with Gasteiger partial charge in [-0.2, -0.15) is 0 Å². The number of hydrogen-bond donors (Lipinski definition) is 0. The second kappa shape index (κ2) is 6.94. The molecule has 156 valence electrons. The molecular weight excluding hydrogens is 388 g/mol. The van der Waals surface area contributed by atoms with Crippen LogP contribution in [0.15, 0.2) is 60.9 Å². The monoisotopic (exact) mass is 412 g/mol. The van der Waals surface area contributed by atoms with Crippen LogP contribution in [-0.4, -0.2) is 34.6 Å². The Morgan fingerprint density at radius 2 is 1.74 bits per heavy atom. The van der Waals surface area contributed by atoms with Crippen molar-refractivity contribution in [3.8, 4) is 0 Å². The van der Waals surface area contributed by atoms with Crippen LogP contribution in [0.25, 0.3) is 10.9 Å². The SMILES string of the molecule is CCn1c(C)c(C2(c3ccc(N(C)C)cc3)OC(=O)c3nccnc32)c2ccccc21. The van der Waals surface area contributed by atoms with E-state index in [1.54, 1.807) is 6.20 Å². The standard InChI is InChI=1S/C25H24N4O2/c1-5-29-16(2)21(19-8-6-7-9-20(19)29)25(17-10-12-18(13-11-17)28(3)4)23-22(24(30)31-25)26-14-15-27-23/h6-15H,5H2,1-4H3. The van der Waals surface area contributed by atoms with Gasteiger partial charge >= 0.3 is 5.97 Å². The third-order valence-corrected chi connectivity index (χ3v) is 6.16. The van der Waals surface area contributed by atoms with Crippen molar-refractivity contribution in [2.45, 2.75) is 26.0 Å². The van der Waals surface area contributed by atoms with Crippen molar-refractivity contribution in [2.24, 2.45) is 0 Å². The minimum atomic E-state index is -1.16. The number of ether oxygens (including phenoxy) is 1. The predicted molar refractivity (Wildman–Crippen MR) is 120 cm³/mol. The van der Waals surface area contributed by atoms with Gasteiger partial charge in [0.15, 0.2) is 5.69 Å². The maximum absolute atomic E-state index is 13.0. The number of hydrogen-bond acceptors (Lipinski definition) is 5. The highest BCUT2D eigenvalue weighted by Gasteiger charge is 2.53. The van der Waals surface area contributed by atoms with E-state index >= 15 is 0 Å². The fourth-order valence-corrected chi connectivity index (χ4v) is 4.77. The zero-order valence-electron chi connectivity index (χ0n) is 18.1. The molecule has 4 aromatic rings. The van der Waals surface area contributed by atoms with Crippen LogP contribution in [0.1, 0.15) is 39.9 Å². The molecule has 0 spiro atoms. The first-order valence-electron chi connectivity index (χ1n) is 10.4. The van der Waals surface area contributed by atoms with Gasteiger partial charge < -0.3 is 14.2 Å². The second-order valence-electron chi connectivity index (χ2n) is 7.99. The van der Waals surface area contributed by atoms with Crippen LogP contribution < -0.4 is 4.90 Å². The van der Waals surface area contributed by atoms with Crippen molar-refractivity contribution >= 4 is 22.6 Å². The molecule has 0 saturated heterocycles. The number of nitrogens with zero attached hydrogens (tertiary/aromatic N) is 4. The Morgan fingerprint density at radius 3 is 2.45 bits per heavy atom. The highest BCUT2D eigenvalue weighted by Crippen LogP contribution is 2.49. The van der Waals surface area contributed by atoms with Crippen LogP contribution in [0.4, 0.5) is 5.69 Å². The third kappa shape index (κ3) is 2.61. The van der Waals surface area contributed by atoms with Gasteiger partial charge in [-0.15, -0.1) is 0 Å². The summed E-state index contributed by atoms with van der Waals surface area (Å²) in [6.07, 6.45) is 3.16. The number of esters is 1. The van der Waals surface area contributed by atoms with Gasteiger partial charge in [0.1, 0.15) is 5.69 Å². The van der Waals surface area contributed by atoms with Crippen molar-refractivity contribution in [1.29, 1.82) is 0 Å².